The molecule has 156 valence electrons. The molecule has 7 nitrogen and oxygen atoms in total. The van der Waals surface area contributed by atoms with Crippen molar-refractivity contribution in [3.05, 3.63) is 72.3 Å². The van der Waals surface area contributed by atoms with Gasteiger partial charge in [0.2, 0.25) is 5.91 Å². The Hall–Kier alpha value is -2.94. The second-order valence-electron chi connectivity index (χ2n) is 7.14. The SMILES string of the molecule is O=C(Nc1ccc(N2CCOCC2)cc1)C(c1ccc2ccccc2c1)S(=O)(=O)O. The van der Waals surface area contributed by atoms with Gasteiger partial charge in [0, 0.05) is 24.5 Å². The van der Waals surface area contributed by atoms with Crippen LogP contribution in [-0.4, -0.2) is 45.2 Å². The number of hydrogen-bond donors (Lipinski definition) is 2. The van der Waals surface area contributed by atoms with Crippen LogP contribution in [0, 0.1) is 0 Å². The summed E-state index contributed by atoms with van der Waals surface area (Å²) in [6.07, 6.45) is 0. The van der Waals surface area contributed by atoms with Crippen LogP contribution in [0.4, 0.5) is 11.4 Å². The molecule has 1 unspecified atom stereocenters. The Morgan fingerprint density at radius 1 is 0.967 bits per heavy atom. The molecule has 1 aliphatic rings. The van der Waals surface area contributed by atoms with E-state index in [4.69, 9.17) is 4.74 Å². The Morgan fingerprint density at radius 3 is 2.30 bits per heavy atom. The minimum Gasteiger partial charge on any atom is -0.378 e. The summed E-state index contributed by atoms with van der Waals surface area (Å²) in [6, 6.07) is 19.4. The highest BCUT2D eigenvalue weighted by Crippen LogP contribution is 2.27. The van der Waals surface area contributed by atoms with Crippen molar-refractivity contribution in [1.29, 1.82) is 0 Å². The number of carbonyl (C=O) groups excluding carboxylic acids is 1. The quantitative estimate of drug-likeness (QED) is 0.608. The fourth-order valence-corrected chi connectivity index (χ4v) is 4.43. The van der Waals surface area contributed by atoms with Gasteiger partial charge >= 0.3 is 0 Å². The molecule has 30 heavy (non-hydrogen) atoms. The maximum atomic E-state index is 12.8. The maximum absolute atomic E-state index is 12.8. The van der Waals surface area contributed by atoms with E-state index in [1.807, 2.05) is 36.4 Å². The zero-order valence-corrected chi connectivity index (χ0v) is 17.0. The highest BCUT2D eigenvalue weighted by molar-refractivity contribution is 7.86. The Bertz CT molecular complexity index is 1160. The van der Waals surface area contributed by atoms with Crippen LogP contribution in [0.3, 0.4) is 0 Å². The summed E-state index contributed by atoms with van der Waals surface area (Å²) in [6.45, 7) is 2.91. The average Bonchev–Trinajstić information content (AvgIpc) is 2.74. The van der Waals surface area contributed by atoms with E-state index in [1.165, 1.54) is 0 Å². The number of hydrogen-bond acceptors (Lipinski definition) is 5. The topological polar surface area (TPSA) is 95.9 Å². The fourth-order valence-electron chi connectivity index (χ4n) is 3.61. The largest absolute Gasteiger partial charge is 0.378 e. The van der Waals surface area contributed by atoms with Crippen molar-refractivity contribution >= 4 is 38.2 Å². The molecule has 0 saturated carbocycles. The molecule has 1 amide bonds. The molecule has 0 aromatic heterocycles. The highest BCUT2D eigenvalue weighted by atomic mass is 32.2. The lowest BCUT2D eigenvalue weighted by atomic mass is 10.0. The number of carbonyl (C=O) groups is 1. The summed E-state index contributed by atoms with van der Waals surface area (Å²) < 4.78 is 39.2. The van der Waals surface area contributed by atoms with Gasteiger partial charge in [-0.25, -0.2) is 0 Å². The van der Waals surface area contributed by atoms with Crippen molar-refractivity contribution in [1.82, 2.24) is 0 Å². The first kappa shape index (κ1) is 20.3. The van der Waals surface area contributed by atoms with E-state index in [0.717, 1.165) is 29.5 Å². The van der Waals surface area contributed by atoms with E-state index in [1.54, 1.807) is 30.3 Å². The number of ether oxygens (including phenoxy) is 1. The van der Waals surface area contributed by atoms with Crippen LogP contribution in [0.25, 0.3) is 10.8 Å². The van der Waals surface area contributed by atoms with E-state index >= 15 is 0 Å². The molecular weight excluding hydrogens is 404 g/mol. The second-order valence-corrected chi connectivity index (χ2v) is 8.64. The van der Waals surface area contributed by atoms with Crippen molar-refractivity contribution in [3.63, 3.8) is 0 Å². The number of morpholine rings is 1. The van der Waals surface area contributed by atoms with E-state index in [0.29, 0.717) is 18.9 Å². The molecule has 1 atom stereocenters. The summed E-state index contributed by atoms with van der Waals surface area (Å²) in [7, 11) is -4.67. The molecule has 0 bridgehead atoms. The van der Waals surface area contributed by atoms with Crippen molar-refractivity contribution in [2.75, 3.05) is 36.5 Å². The summed E-state index contributed by atoms with van der Waals surface area (Å²) in [5, 5.41) is 2.58. The van der Waals surface area contributed by atoms with Gasteiger partial charge in [0.15, 0.2) is 5.25 Å². The first-order valence-electron chi connectivity index (χ1n) is 9.60. The molecule has 8 heteroatoms. The Kier molecular flexibility index (Phi) is 5.72. The number of anilines is 2. The van der Waals surface area contributed by atoms with Gasteiger partial charge in [-0.3, -0.25) is 9.35 Å². The molecule has 0 radical (unpaired) electrons. The van der Waals surface area contributed by atoms with Crippen LogP contribution in [0.5, 0.6) is 0 Å². The molecule has 1 saturated heterocycles. The molecule has 4 rings (SSSR count). The van der Waals surface area contributed by atoms with Crippen LogP contribution >= 0.6 is 0 Å². The minimum atomic E-state index is -4.67. The number of fused-ring (bicyclic) bond motifs is 1. The van der Waals surface area contributed by atoms with Crippen molar-refractivity contribution in [3.8, 4) is 0 Å². The standard InChI is InChI=1S/C22H22N2O5S/c25-22(23-19-7-9-20(10-8-19)24-11-13-29-14-12-24)21(30(26,27)28)18-6-5-16-3-1-2-4-17(16)15-18/h1-10,15,21H,11-14H2,(H,23,25)(H,26,27,28). The van der Waals surface area contributed by atoms with E-state index in [9.17, 15) is 17.8 Å². The minimum absolute atomic E-state index is 0.207. The van der Waals surface area contributed by atoms with Crippen LogP contribution < -0.4 is 10.2 Å². The smallest absolute Gasteiger partial charge is 0.281 e. The third-order valence-electron chi connectivity index (χ3n) is 5.12. The van der Waals surface area contributed by atoms with Gasteiger partial charge in [0.25, 0.3) is 10.1 Å². The maximum Gasteiger partial charge on any atom is 0.281 e. The number of nitrogens with one attached hydrogen (secondary N) is 1. The predicted molar refractivity (Wildman–Crippen MR) is 116 cm³/mol. The summed E-state index contributed by atoms with van der Waals surface area (Å²) in [4.78, 5) is 15.0. The van der Waals surface area contributed by atoms with Crippen LogP contribution in [0.1, 0.15) is 10.8 Å². The van der Waals surface area contributed by atoms with Crippen LogP contribution in [0.15, 0.2) is 66.7 Å². The van der Waals surface area contributed by atoms with Gasteiger partial charge in [-0.15, -0.1) is 0 Å². The third-order valence-corrected chi connectivity index (χ3v) is 6.21. The fraction of sp³-hybridized carbons (Fsp3) is 0.227. The monoisotopic (exact) mass is 426 g/mol. The normalized spacial score (nSPS) is 15.7. The summed E-state index contributed by atoms with van der Waals surface area (Å²) in [5.74, 6) is -0.813. The molecule has 1 heterocycles. The molecule has 0 spiro atoms. The number of rotatable bonds is 5. The number of nitrogens with zero attached hydrogens (tertiary/aromatic N) is 1. The lowest BCUT2D eigenvalue weighted by Crippen LogP contribution is -2.36. The Balaban J connectivity index is 1.56. The zero-order valence-electron chi connectivity index (χ0n) is 16.2. The van der Waals surface area contributed by atoms with Gasteiger partial charge in [-0.2, -0.15) is 8.42 Å². The van der Waals surface area contributed by atoms with Crippen LogP contribution in [-0.2, 0) is 19.6 Å². The summed E-state index contributed by atoms with van der Waals surface area (Å²) >= 11 is 0. The first-order chi connectivity index (χ1) is 14.4. The molecule has 3 aromatic rings. The molecule has 1 fully saturated rings. The molecular formula is C22H22N2O5S. The molecule has 1 aliphatic heterocycles. The van der Waals surface area contributed by atoms with Crippen molar-refractivity contribution < 1.29 is 22.5 Å². The molecule has 0 aliphatic carbocycles. The zero-order chi connectivity index (χ0) is 21.1. The average molecular weight is 426 g/mol. The van der Waals surface area contributed by atoms with Crippen LogP contribution in [0.2, 0.25) is 0 Å². The second kappa shape index (κ2) is 8.43. The van der Waals surface area contributed by atoms with E-state index in [2.05, 4.69) is 10.2 Å². The Labute approximate surface area is 175 Å². The first-order valence-corrected chi connectivity index (χ1v) is 11.1. The van der Waals surface area contributed by atoms with Gasteiger partial charge < -0.3 is 15.0 Å². The lowest BCUT2D eigenvalue weighted by molar-refractivity contribution is -0.116. The number of amides is 1. The number of benzene rings is 3. The third kappa shape index (κ3) is 4.46. The van der Waals surface area contributed by atoms with Gasteiger partial charge in [0.1, 0.15) is 0 Å². The van der Waals surface area contributed by atoms with Crippen molar-refractivity contribution in [2.45, 2.75) is 5.25 Å². The van der Waals surface area contributed by atoms with Crippen molar-refractivity contribution in [2.24, 2.45) is 0 Å². The van der Waals surface area contributed by atoms with E-state index in [-0.39, 0.29) is 5.56 Å². The Morgan fingerprint density at radius 2 is 1.63 bits per heavy atom. The lowest BCUT2D eigenvalue weighted by Gasteiger charge is -2.29. The van der Waals surface area contributed by atoms with Gasteiger partial charge in [-0.1, -0.05) is 36.4 Å². The molecule has 3 aromatic carbocycles. The highest BCUT2D eigenvalue weighted by Gasteiger charge is 2.33. The van der Waals surface area contributed by atoms with Gasteiger partial charge in [-0.05, 0) is 46.7 Å². The van der Waals surface area contributed by atoms with E-state index < -0.39 is 21.3 Å². The van der Waals surface area contributed by atoms with Gasteiger partial charge in [0.05, 0.1) is 13.2 Å². The predicted octanol–water partition coefficient (Wildman–Crippen LogP) is 3.24. The molecule has 2 N–H and O–H groups in total. The summed E-state index contributed by atoms with van der Waals surface area (Å²) in [5.41, 5.74) is 1.65.